The summed E-state index contributed by atoms with van der Waals surface area (Å²) in [5, 5.41) is 11.0. The number of aliphatic imine (C=N–C) groups is 1. The van der Waals surface area contributed by atoms with Crippen LogP contribution in [0.1, 0.15) is 29.2 Å². The maximum Gasteiger partial charge on any atom is 0.405 e. The van der Waals surface area contributed by atoms with Crippen LogP contribution >= 0.6 is 31.9 Å². The Morgan fingerprint density at radius 2 is 1.62 bits per heavy atom. The zero-order chi connectivity index (χ0) is 28.0. The standard InChI is InChI=1S/C28H25Br2F3N2O4/c29-21-8-2-18(3-9-21)16-27(26(37)34-17-28(31,32)33)24(19-4-10-22(30)11-5-19)39-25(35-27)20-6-12-23(13-7-20)38-15-1-14-36/h2-13,24,36H,1,14-17H2,(H,34,37)/t24-,27-/m1/s1. The normalized spacial score (nSPS) is 18.8. The van der Waals surface area contributed by atoms with Gasteiger partial charge in [-0.3, -0.25) is 4.79 Å². The number of carbonyl (C=O) groups is 1. The van der Waals surface area contributed by atoms with Crippen LogP contribution in [-0.4, -0.2) is 48.4 Å². The number of rotatable bonds is 10. The molecule has 0 fully saturated rings. The van der Waals surface area contributed by atoms with E-state index >= 15 is 0 Å². The lowest BCUT2D eigenvalue weighted by molar-refractivity contribution is -0.143. The maximum atomic E-state index is 13.7. The Morgan fingerprint density at radius 1 is 1.00 bits per heavy atom. The molecular formula is C28H25Br2F3N2O4. The monoisotopic (exact) mass is 668 g/mol. The van der Waals surface area contributed by atoms with Crippen molar-refractivity contribution in [1.29, 1.82) is 0 Å². The van der Waals surface area contributed by atoms with E-state index in [1.54, 1.807) is 72.8 Å². The molecule has 0 aromatic heterocycles. The highest BCUT2D eigenvalue weighted by atomic mass is 79.9. The molecule has 206 valence electrons. The molecule has 1 amide bonds. The van der Waals surface area contributed by atoms with Gasteiger partial charge in [-0.25, -0.2) is 4.99 Å². The summed E-state index contributed by atoms with van der Waals surface area (Å²) in [6.07, 6.45) is -5.12. The lowest BCUT2D eigenvalue weighted by Crippen LogP contribution is -2.51. The second-order valence-corrected chi connectivity index (χ2v) is 10.8. The molecule has 0 saturated heterocycles. The van der Waals surface area contributed by atoms with Gasteiger partial charge in [-0.2, -0.15) is 13.2 Å². The van der Waals surface area contributed by atoms with Gasteiger partial charge in [-0.05, 0) is 59.7 Å². The lowest BCUT2D eigenvalue weighted by Gasteiger charge is -2.31. The zero-order valence-electron chi connectivity index (χ0n) is 20.6. The van der Waals surface area contributed by atoms with Gasteiger partial charge in [-0.1, -0.05) is 56.1 Å². The Labute approximate surface area is 240 Å². The van der Waals surface area contributed by atoms with E-state index in [2.05, 4.69) is 31.9 Å². The number of carbonyl (C=O) groups excluding carboxylic acids is 1. The number of halogens is 5. The van der Waals surface area contributed by atoms with Crippen molar-refractivity contribution in [2.75, 3.05) is 19.8 Å². The van der Waals surface area contributed by atoms with E-state index in [9.17, 15) is 18.0 Å². The topological polar surface area (TPSA) is 80.2 Å². The number of aliphatic hydroxyl groups is 1. The highest BCUT2D eigenvalue weighted by Crippen LogP contribution is 2.43. The smallest absolute Gasteiger partial charge is 0.405 e. The fourth-order valence-corrected chi connectivity index (χ4v) is 4.70. The summed E-state index contributed by atoms with van der Waals surface area (Å²) in [6, 6.07) is 21.0. The Morgan fingerprint density at radius 3 is 2.21 bits per heavy atom. The number of hydrogen-bond acceptors (Lipinski definition) is 5. The molecule has 3 aromatic rings. The highest BCUT2D eigenvalue weighted by molar-refractivity contribution is 9.10. The van der Waals surface area contributed by atoms with Gasteiger partial charge in [0.25, 0.3) is 5.91 Å². The average Bonchev–Trinajstić information content (AvgIpc) is 3.29. The number of aliphatic hydroxyl groups excluding tert-OH is 1. The summed E-state index contributed by atoms with van der Waals surface area (Å²) in [7, 11) is 0. The van der Waals surface area contributed by atoms with Crippen molar-refractivity contribution in [3.63, 3.8) is 0 Å². The largest absolute Gasteiger partial charge is 0.494 e. The van der Waals surface area contributed by atoms with Crippen LogP contribution in [0.2, 0.25) is 0 Å². The van der Waals surface area contributed by atoms with Crippen molar-refractivity contribution >= 4 is 43.7 Å². The van der Waals surface area contributed by atoms with Crippen molar-refractivity contribution in [2.24, 2.45) is 4.99 Å². The SMILES string of the molecule is O=C(NCC(F)(F)F)[C@]1(Cc2ccc(Br)cc2)N=C(c2ccc(OCCCO)cc2)O[C@@H]1c1ccc(Br)cc1. The van der Waals surface area contributed by atoms with Gasteiger partial charge in [0.1, 0.15) is 12.3 Å². The van der Waals surface area contributed by atoms with E-state index in [0.29, 0.717) is 35.5 Å². The van der Waals surface area contributed by atoms with Crippen molar-refractivity contribution in [3.05, 3.63) is 98.4 Å². The lowest BCUT2D eigenvalue weighted by atomic mass is 9.82. The number of benzene rings is 3. The van der Waals surface area contributed by atoms with Crippen LogP contribution in [0.25, 0.3) is 0 Å². The fourth-order valence-electron chi connectivity index (χ4n) is 4.17. The van der Waals surface area contributed by atoms with Crippen molar-refractivity contribution in [2.45, 2.75) is 30.7 Å². The first-order valence-corrected chi connectivity index (χ1v) is 13.6. The van der Waals surface area contributed by atoms with E-state index in [0.717, 1.165) is 8.95 Å². The van der Waals surface area contributed by atoms with Gasteiger partial charge >= 0.3 is 6.18 Å². The second-order valence-electron chi connectivity index (χ2n) is 8.94. The van der Waals surface area contributed by atoms with Crippen molar-refractivity contribution in [3.8, 4) is 5.75 Å². The first-order chi connectivity index (χ1) is 18.6. The first-order valence-electron chi connectivity index (χ1n) is 12.1. The van der Waals surface area contributed by atoms with E-state index in [-0.39, 0.29) is 18.9 Å². The quantitative estimate of drug-likeness (QED) is 0.254. The Bertz CT molecular complexity index is 1300. The van der Waals surface area contributed by atoms with Crippen LogP contribution in [0.4, 0.5) is 13.2 Å². The van der Waals surface area contributed by atoms with Gasteiger partial charge in [0, 0.05) is 34.0 Å². The molecule has 0 saturated carbocycles. The minimum atomic E-state index is -4.60. The predicted molar refractivity (Wildman–Crippen MR) is 148 cm³/mol. The van der Waals surface area contributed by atoms with Gasteiger partial charge in [0.05, 0.1) is 6.61 Å². The third-order valence-electron chi connectivity index (χ3n) is 6.04. The molecule has 0 radical (unpaired) electrons. The highest BCUT2D eigenvalue weighted by Gasteiger charge is 2.53. The molecule has 1 aliphatic heterocycles. The van der Waals surface area contributed by atoms with E-state index < -0.39 is 30.3 Å². The Balaban J connectivity index is 1.77. The van der Waals surface area contributed by atoms with Gasteiger partial charge in [-0.15, -0.1) is 0 Å². The summed E-state index contributed by atoms with van der Waals surface area (Å²) in [5.74, 6) is -0.196. The molecule has 11 heteroatoms. The number of amides is 1. The van der Waals surface area contributed by atoms with Gasteiger partial charge < -0.3 is 19.9 Å². The fraction of sp³-hybridized carbons (Fsp3) is 0.286. The number of nitrogens with zero attached hydrogens (tertiary/aromatic N) is 1. The maximum absolute atomic E-state index is 13.7. The third kappa shape index (κ3) is 7.40. The van der Waals surface area contributed by atoms with Crippen molar-refractivity contribution < 1.29 is 32.5 Å². The van der Waals surface area contributed by atoms with Crippen LogP contribution in [0.3, 0.4) is 0 Å². The number of hydrogen-bond donors (Lipinski definition) is 2. The summed E-state index contributed by atoms with van der Waals surface area (Å²) < 4.78 is 52.9. The first kappa shape index (κ1) is 29.1. The summed E-state index contributed by atoms with van der Waals surface area (Å²) in [6.45, 7) is -1.14. The van der Waals surface area contributed by atoms with E-state index in [1.807, 2.05) is 5.32 Å². The molecule has 1 aliphatic rings. The minimum Gasteiger partial charge on any atom is -0.494 e. The van der Waals surface area contributed by atoms with Crippen LogP contribution in [0, 0.1) is 0 Å². The Hall–Kier alpha value is -2.89. The van der Waals surface area contributed by atoms with Crippen LogP contribution in [-0.2, 0) is 16.0 Å². The van der Waals surface area contributed by atoms with Gasteiger partial charge in [0.15, 0.2) is 11.6 Å². The molecule has 0 aliphatic carbocycles. The summed E-state index contributed by atoms with van der Waals surface area (Å²) in [5.41, 5.74) is 0.0928. The number of alkyl halides is 3. The molecular weight excluding hydrogens is 645 g/mol. The minimum absolute atomic E-state index is 0.00342. The summed E-state index contributed by atoms with van der Waals surface area (Å²) >= 11 is 6.78. The Kier molecular flexibility index (Phi) is 9.35. The summed E-state index contributed by atoms with van der Waals surface area (Å²) in [4.78, 5) is 18.4. The van der Waals surface area contributed by atoms with Gasteiger partial charge in [0.2, 0.25) is 5.90 Å². The predicted octanol–water partition coefficient (Wildman–Crippen LogP) is 6.15. The molecule has 2 N–H and O–H groups in total. The van der Waals surface area contributed by atoms with Crippen LogP contribution < -0.4 is 10.1 Å². The molecule has 0 unspecified atom stereocenters. The second kappa shape index (κ2) is 12.5. The van der Waals surface area contributed by atoms with E-state index in [4.69, 9.17) is 19.6 Å². The van der Waals surface area contributed by atoms with Crippen LogP contribution in [0.15, 0.2) is 86.7 Å². The third-order valence-corrected chi connectivity index (χ3v) is 7.10. The van der Waals surface area contributed by atoms with E-state index in [1.165, 1.54) is 0 Å². The molecule has 1 heterocycles. The molecule has 0 bridgehead atoms. The number of ether oxygens (including phenoxy) is 2. The molecule has 4 rings (SSSR count). The molecule has 39 heavy (non-hydrogen) atoms. The zero-order valence-corrected chi connectivity index (χ0v) is 23.7. The average molecular weight is 670 g/mol. The molecule has 6 nitrogen and oxygen atoms in total. The molecule has 3 aromatic carbocycles. The van der Waals surface area contributed by atoms with Crippen molar-refractivity contribution in [1.82, 2.24) is 5.32 Å². The molecule has 0 spiro atoms. The number of nitrogens with one attached hydrogen (secondary N) is 1. The molecule has 2 atom stereocenters. The van der Waals surface area contributed by atoms with Crippen LogP contribution in [0.5, 0.6) is 5.75 Å².